The number of nitro groups is 1. The molecule has 0 bridgehead atoms. The molecule has 114 valence electrons. The molecular formula is C14H13N3O5. The lowest BCUT2D eigenvalue weighted by Gasteiger charge is -2.12. The van der Waals surface area contributed by atoms with E-state index in [-0.39, 0.29) is 17.9 Å². The number of aliphatic carboxylic acids is 1. The third-order valence-electron chi connectivity index (χ3n) is 3.08. The van der Waals surface area contributed by atoms with Gasteiger partial charge in [0.2, 0.25) is 0 Å². The van der Waals surface area contributed by atoms with Crippen molar-refractivity contribution in [3.8, 4) is 17.0 Å². The number of rotatable bonds is 5. The van der Waals surface area contributed by atoms with Crippen molar-refractivity contribution in [2.24, 2.45) is 5.73 Å². The van der Waals surface area contributed by atoms with Crippen molar-refractivity contribution in [2.45, 2.75) is 12.5 Å². The second-order valence-corrected chi connectivity index (χ2v) is 4.65. The van der Waals surface area contributed by atoms with Gasteiger partial charge in [-0.15, -0.1) is 0 Å². The van der Waals surface area contributed by atoms with Crippen molar-refractivity contribution in [1.82, 2.24) is 4.98 Å². The number of nitrogens with two attached hydrogens (primary N) is 1. The molecule has 0 amide bonds. The van der Waals surface area contributed by atoms with Gasteiger partial charge in [-0.05, 0) is 36.2 Å². The predicted octanol–water partition coefficient (Wildman–Crippen LogP) is 1.32. The zero-order valence-corrected chi connectivity index (χ0v) is 11.3. The van der Waals surface area contributed by atoms with E-state index in [2.05, 4.69) is 4.98 Å². The molecule has 8 heteroatoms. The third kappa shape index (κ3) is 3.36. The minimum Gasteiger partial charge on any atom is -0.508 e. The van der Waals surface area contributed by atoms with Crippen LogP contribution in [-0.2, 0) is 11.2 Å². The number of aromatic nitrogens is 1. The van der Waals surface area contributed by atoms with E-state index in [0.29, 0.717) is 16.8 Å². The first-order chi connectivity index (χ1) is 10.4. The molecule has 0 saturated heterocycles. The highest BCUT2D eigenvalue weighted by Gasteiger charge is 2.17. The first kappa shape index (κ1) is 15.4. The first-order valence-corrected chi connectivity index (χ1v) is 6.29. The Bertz CT molecular complexity index is 715. The van der Waals surface area contributed by atoms with Crippen LogP contribution in [0.3, 0.4) is 0 Å². The Balaban J connectivity index is 2.41. The van der Waals surface area contributed by atoms with Gasteiger partial charge < -0.3 is 15.9 Å². The van der Waals surface area contributed by atoms with Crippen LogP contribution in [0.1, 0.15) is 5.56 Å². The lowest BCUT2D eigenvalue weighted by molar-refractivity contribution is -0.385. The van der Waals surface area contributed by atoms with Gasteiger partial charge in [-0.2, -0.15) is 0 Å². The zero-order valence-electron chi connectivity index (χ0n) is 11.3. The molecule has 8 nitrogen and oxygen atoms in total. The van der Waals surface area contributed by atoms with Crippen molar-refractivity contribution in [2.75, 3.05) is 0 Å². The zero-order chi connectivity index (χ0) is 16.3. The lowest BCUT2D eigenvalue weighted by Crippen LogP contribution is -2.32. The van der Waals surface area contributed by atoms with E-state index in [1.54, 1.807) is 6.07 Å². The molecule has 0 aliphatic rings. The molecule has 1 aromatic carbocycles. The first-order valence-electron chi connectivity index (χ1n) is 6.29. The van der Waals surface area contributed by atoms with Gasteiger partial charge in [-0.1, -0.05) is 0 Å². The summed E-state index contributed by atoms with van der Waals surface area (Å²) in [6, 6.07) is 6.03. The maximum absolute atomic E-state index is 10.9. The summed E-state index contributed by atoms with van der Waals surface area (Å²) < 4.78 is 0. The third-order valence-corrected chi connectivity index (χ3v) is 3.08. The Hall–Kier alpha value is -3.00. The van der Waals surface area contributed by atoms with Crippen LogP contribution < -0.4 is 5.73 Å². The molecule has 2 aromatic rings. The monoisotopic (exact) mass is 303 g/mol. The molecule has 1 atom stereocenters. The summed E-state index contributed by atoms with van der Waals surface area (Å²) >= 11 is 0. The van der Waals surface area contributed by atoms with Crippen molar-refractivity contribution in [3.63, 3.8) is 0 Å². The highest BCUT2D eigenvalue weighted by Crippen LogP contribution is 2.27. The molecule has 2 rings (SSSR count). The SMILES string of the molecule is NC(Cc1cc(O)ccc1-c1ccc([N+](=O)[O-])cn1)C(=O)O. The van der Waals surface area contributed by atoms with Crippen molar-refractivity contribution >= 4 is 11.7 Å². The Morgan fingerprint density at radius 3 is 2.64 bits per heavy atom. The Labute approximate surface area is 125 Å². The van der Waals surface area contributed by atoms with Crippen LogP contribution in [0.2, 0.25) is 0 Å². The highest BCUT2D eigenvalue weighted by molar-refractivity contribution is 5.75. The summed E-state index contributed by atoms with van der Waals surface area (Å²) in [5.41, 5.74) is 6.86. The summed E-state index contributed by atoms with van der Waals surface area (Å²) in [6.07, 6.45) is 1.11. The van der Waals surface area contributed by atoms with E-state index in [1.807, 2.05) is 0 Å². The number of carboxylic acids is 1. The number of phenolic OH excluding ortho intramolecular Hbond substituents is 1. The number of hydrogen-bond donors (Lipinski definition) is 3. The predicted molar refractivity (Wildman–Crippen MR) is 77.3 cm³/mol. The van der Waals surface area contributed by atoms with Crippen molar-refractivity contribution < 1.29 is 19.9 Å². The summed E-state index contributed by atoms with van der Waals surface area (Å²) in [7, 11) is 0. The standard InChI is InChI=1S/C14H13N3O5/c15-12(14(19)20)6-8-5-10(18)2-3-11(8)13-4-1-9(7-16-13)17(21)22/h1-5,7,12,18H,6,15H2,(H,19,20). The topological polar surface area (TPSA) is 140 Å². The van der Waals surface area contributed by atoms with E-state index in [4.69, 9.17) is 10.8 Å². The van der Waals surface area contributed by atoms with Gasteiger partial charge in [-0.25, -0.2) is 4.98 Å². The average Bonchev–Trinajstić information content (AvgIpc) is 2.47. The van der Waals surface area contributed by atoms with Crippen LogP contribution in [0, 0.1) is 10.1 Å². The number of carbonyl (C=O) groups is 1. The van der Waals surface area contributed by atoms with Gasteiger partial charge in [0.1, 0.15) is 18.0 Å². The van der Waals surface area contributed by atoms with E-state index < -0.39 is 16.9 Å². The van der Waals surface area contributed by atoms with Crippen LogP contribution in [0.15, 0.2) is 36.5 Å². The average molecular weight is 303 g/mol. The van der Waals surface area contributed by atoms with Crippen molar-refractivity contribution in [3.05, 3.63) is 52.2 Å². The van der Waals surface area contributed by atoms with Crippen LogP contribution in [0.5, 0.6) is 5.75 Å². The summed E-state index contributed by atoms with van der Waals surface area (Å²) in [5.74, 6) is -1.19. The molecule has 0 saturated carbocycles. The fourth-order valence-corrected chi connectivity index (χ4v) is 1.98. The lowest BCUT2D eigenvalue weighted by atomic mass is 9.97. The highest BCUT2D eigenvalue weighted by atomic mass is 16.6. The van der Waals surface area contributed by atoms with Crippen molar-refractivity contribution in [1.29, 1.82) is 0 Å². The molecule has 0 spiro atoms. The Kier molecular flexibility index (Phi) is 4.33. The molecule has 0 aliphatic heterocycles. The number of hydrogen-bond acceptors (Lipinski definition) is 6. The number of pyridine rings is 1. The Morgan fingerprint density at radius 2 is 2.09 bits per heavy atom. The summed E-state index contributed by atoms with van der Waals surface area (Å²) in [4.78, 5) is 24.9. The van der Waals surface area contributed by atoms with E-state index >= 15 is 0 Å². The molecular weight excluding hydrogens is 290 g/mol. The molecule has 1 aromatic heterocycles. The summed E-state index contributed by atoms with van der Waals surface area (Å²) in [6.45, 7) is 0. The Morgan fingerprint density at radius 1 is 1.36 bits per heavy atom. The number of aromatic hydroxyl groups is 1. The van der Waals surface area contributed by atoms with Gasteiger partial charge in [-0.3, -0.25) is 14.9 Å². The van der Waals surface area contributed by atoms with Gasteiger partial charge in [0.15, 0.2) is 0 Å². The van der Waals surface area contributed by atoms with E-state index in [0.717, 1.165) is 6.20 Å². The van der Waals surface area contributed by atoms with Gasteiger partial charge in [0, 0.05) is 11.6 Å². The fourth-order valence-electron chi connectivity index (χ4n) is 1.98. The normalized spacial score (nSPS) is 11.9. The van der Waals surface area contributed by atoms with Gasteiger partial charge >= 0.3 is 5.97 Å². The van der Waals surface area contributed by atoms with Crippen LogP contribution in [0.25, 0.3) is 11.3 Å². The molecule has 0 fully saturated rings. The van der Waals surface area contributed by atoms with Crippen LogP contribution >= 0.6 is 0 Å². The number of benzene rings is 1. The minimum absolute atomic E-state index is 0.00225. The maximum atomic E-state index is 10.9. The fraction of sp³-hybridized carbons (Fsp3) is 0.143. The molecule has 22 heavy (non-hydrogen) atoms. The molecule has 1 heterocycles. The van der Waals surface area contributed by atoms with E-state index in [1.165, 1.54) is 24.3 Å². The quantitative estimate of drug-likeness (QED) is 0.559. The second-order valence-electron chi connectivity index (χ2n) is 4.65. The van der Waals surface area contributed by atoms with Gasteiger partial charge in [0.05, 0.1) is 10.6 Å². The van der Waals surface area contributed by atoms with Crippen LogP contribution in [0.4, 0.5) is 5.69 Å². The molecule has 0 aliphatic carbocycles. The molecule has 4 N–H and O–H groups in total. The second kappa shape index (κ2) is 6.19. The van der Waals surface area contributed by atoms with E-state index in [9.17, 15) is 20.0 Å². The maximum Gasteiger partial charge on any atom is 0.320 e. The number of carboxylic acid groups (broad SMARTS) is 1. The molecule has 1 unspecified atom stereocenters. The number of nitrogens with zero attached hydrogens (tertiary/aromatic N) is 2. The van der Waals surface area contributed by atoms with Crippen LogP contribution in [-0.4, -0.2) is 32.1 Å². The molecule has 0 radical (unpaired) electrons. The summed E-state index contributed by atoms with van der Waals surface area (Å²) in [5, 5.41) is 29.1. The largest absolute Gasteiger partial charge is 0.508 e. The minimum atomic E-state index is -1.16. The van der Waals surface area contributed by atoms with Gasteiger partial charge in [0.25, 0.3) is 5.69 Å². The smallest absolute Gasteiger partial charge is 0.320 e. The number of phenols is 1.